The van der Waals surface area contributed by atoms with E-state index in [-0.39, 0.29) is 10.9 Å². The third-order valence-corrected chi connectivity index (χ3v) is 9.38. The minimum Gasteiger partial charge on any atom is -0.463 e. The van der Waals surface area contributed by atoms with Gasteiger partial charge in [-0.05, 0) is 42.4 Å². The molecule has 2 aromatic heterocycles. The van der Waals surface area contributed by atoms with E-state index in [1.54, 1.807) is 47.7 Å². The number of pyridine rings is 1. The van der Waals surface area contributed by atoms with Crippen LogP contribution in [-0.2, 0) is 0 Å². The summed E-state index contributed by atoms with van der Waals surface area (Å²) in [5.74, 6) is 0.512. The first-order valence-corrected chi connectivity index (χ1v) is 10.5. The molecule has 0 atom stereocenters. The van der Waals surface area contributed by atoms with Crippen LogP contribution in [0.15, 0.2) is 52.4 Å². The Hall–Kier alpha value is -2.21. The van der Waals surface area contributed by atoms with E-state index in [0.29, 0.717) is 11.3 Å². The van der Waals surface area contributed by atoms with Crippen LogP contribution in [0, 0.1) is 0 Å². The molecule has 0 fully saturated rings. The van der Waals surface area contributed by atoms with Crippen molar-refractivity contribution in [3.05, 3.63) is 54.2 Å². The Labute approximate surface area is 138 Å². The van der Waals surface area contributed by atoms with Crippen molar-refractivity contribution >= 4 is 20.4 Å². The van der Waals surface area contributed by atoms with Crippen LogP contribution in [0.5, 0.6) is 0 Å². The highest BCUT2D eigenvalue weighted by atomic mass is 28.3. The molecule has 0 aliphatic rings. The van der Waals surface area contributed by atoms with E-state index in [1.165, 1.54) is 0 Å². The summed E-state index contributed by atoms with van der Waals surface area (Å²) in [7, 11) is -2.19. The van der Waals surface area contributed by atoms with E-state index < -0.39 is 8.24 Å². The third-order valence-electron chi connectivity index (χ3n) is 4.33. The number of hydrogen-bond donors (Lipinski definition) is 0. The zero-order valence-electron chi connectivity index (χ0n) is 14.3. The Kier molecular flexibility index (Phi) is 4.84. The van der Waals surface area contributed by atoms with Crippen LogP contribution >= 0.6 is 0 Å². The topological polar surface area (TPSA) is 58.7 Å². The summed E-state index contributed by atoms with van der Waals surface area (Å²) < 4.78 is 6.94. The van der Waals surface area contributed by atoms with Crippen LogP contribution in [0.3, 0.4) is 0 Å². The lowest BCUT2D eigenvalue weighted by molar-refractivity contribution is 0.0848. The molecule has 0 radical (unpaired) electrons. The van der Waals surface area contributed by atoms with Crippen LogP contribution in [0.2, 0.25) is 18.1 Å². The lowest BCUT2D eigenvalue weighted by Crippen LogP contribution is -2.55. The van der Waals surface area contributed by atoms with Gasteiger partial charge in [0, 0.05) is 18.0 Å². The number of amides is 1. The molecule has 0 N–H and O–H groups in total. The Morgan fingerprint density at radius 2 is 1.91 bits per heavy atom. The van der Waals surface area contributed by atoms with Crippen LogP contribution in [0.4, 0.5) is 0 Å². The number of nitrogens with zero attached hydrogens (tertiary/aromatic N) is 3. The fraction of sp³-hybridized carbons (Fsp3) is 0.353. The minimum atomic E-state index is -2.19. The summed E-state index contributed by atoms with van der Waals surface area (Å²) in [6.45, 7) is 10.7. The minimum absolute atomic E-state index is 0.0316. The molecule has 0 saturated heterocycles. The van der Waals surface area contributed by atoms with Crippen molar-refractivity contribution in [1.29, 1.82) is 0 Å². The predicted octanol–water partition coefficient (Wildman–Crippen LogP) is 4.16. The number of aromatic nitrogens is 1. The van der Waals surface area contributed by atoms with E-state index in [0.717, 1.165) is 0 Å². The van der Waals surface area contributed by atoms with Gasteiger partial charge < -0.3 is 4.42 Å². The molecule has 2 rings (SSSR count). The molecule has 0 aromatic carbocycles. The van der Waals surface area contributed by atoms with Crippen molar-refractivity contribution in [2.24, 2.45) is 5.10 Å². The average Bonchev–Trinajstić information content (AvgIpc) is 3.00. The molecule has 0 unspecified atom stereocenters. The molecule has 23 heavy (non-hydrogen) atoms. The molecule has 2 heterocycles. The molecule has 0 aliphatic heterocycles. The highest BCUT2D eigenvalue weighted by Gasteiger charge is 2.44. The van der Waals surface area contributed by atoms with E-state index in [9.17, 15) is 4.79 Å². The van der Waals surface area contributed by atoms with Crippen molar-refractivity contribution in [3.8, 4) is 0 Å². The summed E-state index contributed by atoms with van der Waals surface area (Å²) in [6, 6.07) is 7.03. The molecular formula is C17H23N3O2Si. The van der Waals surface area contributed by atoms with Gasteiger partial charge in [0.2, 0.25) is 0 Å². The monoisotopic (exact) mass is 329 g/mol. The molecule has 0 bridgehead atoms. The van der Waals surface area contributed by atoms with Crippen molar-refractivity contribution < 1.29 is 9.21 Å². The van der Waals surface area contributed by atoms with Crippen LogP contribution in [-0.4, -0.2) is 30.0 Å². The van der Waals surface area contributed by atoms with Gasteiger partial charge in [0.15, 0.2) is 8.24 Å². The van der Waals surface area contributed by atoms with Crippen molar-refractivity contribution in [1.82, 2.24) is 9.66 Å². The number of carbonyl (C=O) groups is 1. The Morgan fingerprint density at radius 1 is 1.26 bits per heavy atom. The predicted molar refractivity (Wildman–Crippen MR) is 93.9 cm³/mol. The molecule has 6 heteroatoms. The second-order valence-corrected chi connectivity index (χ2v) is 12.0. The van der Waals surface area contributed by atoms with Crippen molar-refractivity contribution in [3.63, 3.8) is 0 Å². The Bertz CT molecular complexity index is 674. The van der Waals surface area contributed by atoms with Crippen LogP contribution in [0.1, 0.15) is 36.9 Å². The summed E-state index contributed by atoms with van der Waals surface area (Å²) in [5.41, 5.74) is 0.585. The maximum absolute atomic E-state index is 13.0. The van der Waals surface area contributed by atoms with Gasteiger partial charge in [-0.1, -0.05) is 20.8 Å². The van der Waals surface area contributed by atoms with Gasteiger partial charge in [0.1, 0.15) is 5.76 Å². The number of hydrazone groups is 1. The standard InChI is InChI=1S/C17H23N3O2Si/c1-17(2,3)23(4,5)20(19-13-15-7-6-12-22-15)16(21)14-8-10-18-11-9-14/h6-13H,1-5H3/b19-13+. The summed E-state index contributed by atoms with van der Waals surface area (Å²) >= 11 is 0. The third kappa shape index (κ3) is 3.76. The zero-order chi connectivity index (χ0) is 17.1. The van der Waals surface area contributed by atoms with Gasteiger partial charge in [-0.2, -0.15) is 5.10 Å². The highest BCUT2D eigenvalue weighted by molar-refractivity contribution is 6.79. The maximum atomic E-state index is 13.0. The molecule has 0 spiro atoms. The van der Waals surface area contributed by atoms with E-state index in [2.05, 4.69) is 44.0 Å². The van der Waals surface area contributed by atoms with Crippen LogP contribution in [0.25, 0.3) is 0 Å². The molecule has 2 aromatic rings. The largest absolute Gasteiger partial charge is 0.463 e. The summed E-state index contributed by atoms with van der Waals surface area (Å²) in [6.07, 6.45) is 6.42. The fourth-order valence-electron chi connectivity index (χ4n) is 1.86. The lowest BCUT2D eigenvalue weighted by atomic mass is 10.2. The van der Waals surface area contributed by atoms with Crippen molar-refractivity contribution in [2.75, 3.05) is 0 Å². The van der Waals surface area contributed by atoms with E-state index >= 15 is 0 Å². The first-order valence-electron chi connectivity index (χ1n) is 7.55. The average molecular weight is 329 g/mol. The Morgan fingerprint density at radius 3 is 2.43 bits per heavy atom. The summed E-state index contributed by atoms with van der Waals surface area (Å²) in [4.78, 5) is 17.0. The second-order valence-electron chi connectivity index (χ2n) is 6.92. The lowest BCUT2D eigenvalue weighted by Gasteiger charge is -2.42. The molecule has 5 nitrogen and oxygen atoms in total. The number of furan rings is 1. The van der Waals surface area contributed by atoms with E-state index in [4.69, 9.17) is 4.42 Å². The quantitative estimate of drug-likeness (QED) is 0.481. The first-order chi connectivity index (χ1) is 10.7. The van der Waals surface area contributed by atoms with Gasteiger partial charge in [-0.3, -0.25) is 14.5 Å². The van der Waals surface area contributed by atoms with Gasteiger partial charge in [0.25, 0.3) is 5.91 Å². The number of carbonyl (C=O) groups excluding carboxylic acids is 1. The van der Waals surface area contributed by atoms with Gasteiger partial charge in [-0.15, -0.1) is 0 Å². The van der Waals surface area contributed by atoms with E-state index in [1.807, 2.05) is 6.07 Å². The highest BCUT2D eigenvalue weighted by Crippen LogP contribution is 2.39. The number of hydrogen-bond acceptors (Lipinski definition) is 4. The fourth-order valence-corrected chi connectivity index (χ4v) is 3.48. The first kappa shape index (κ1) is 17.1. The van der Waals surface area contributed by atoms with Gasteiger partial charge in [0.05, 0.1) is 12.5 Å². The molecular weight excluding hydrogens is 306 g/mol. The molecule has 122 valence electrons. The van der Waals surface area contributed by atoms with Gasteiger partial charge >= 0.3 is 0 Å². The number of rotatable bonds is 4. The SMILES string of the molecule is CC(C)(C)[Si](C)(C)N(/N=C/c1ccco1)C(=O)c1ccncc1. The maximum Gasteiger partial charge on any atom is 0.265 e. The Balaban J connectivity index is 2.41. The molecule has 0 saturated carbocycles. The van der Waals surface area contributed by atoms with Gasteiger partial charge in [-0.25, -0.2) is 0 Å². The summed E-state index contributed by atoms with van der Waals surface area (Å²) in [5, 5.41) is 4.46. The smallest absolute Gasteiger partial charge is 0.265 e. The molecule has 1 amide bonds. The molecule has 0 aliphatic carbocycles. The second kappa shape index (κ2) is 6.50. The normalized spacial score (nSPS) is 12.6. The zero-order valence-corrected chi connectivity index (χ0v) is 15.3. The van der Waals surface area contributed by atoms with Crippen LogP contribution < -0.4 is 0 Å². The van der Waals surface area contributed by atoms with Crippen molar-refractivity contribution in [2.45, 2.75) is 38.9 Å².